The molecule has 3 aromatic rings. The van der Waals surface area contributed by atoms with Crippen molar-refractivity contribution in [2.75, 3.05) is 12.3 Å². The minimum atomic E-state index is 0.0665. The molecule has 0 N–H and O–H groups in total. The number of rotatable bonds is 7. The van der Waals surface area contributed by atoms with Gasteiger partial charge in [0.1, 0.15) is 0 Å². The lowest BCUT2D eigenvalue weighted by molar-refractivity contribution is 0.930. The molecular formula is C30H33P. The van der Waals surface area contributed by atoms with E-state index in [1.165, 1.54) is 57.5 Å². The van der Waals surface area contributed by atoms with E-state index in [9.17, 15) is 0 Å². The SMILES string of the molecule is CCP(CC)Cc1ccccc1C1C(C)=C(c2ccccc2)C(c2ccccc2)=C1C. The molecule has 0 fully saturated rings. The van der Waals surface area contributed by atoms with E-state index in [1.807, 2.05) is 0 Å². The van der Waals surface area contributed by atoms with Gasteiger partial charge in [0.2, 0.25) is 0 Å². The highest BCUT2D eigenvalue weighted by Gasteiger charge is 2.32. The van der Waals surface area contributed by atoms with Crippen LogP contribution in [-0.2, 0) is 6.16 Å². The number of hydrogen-bond acceptors (Lipinski definition) is 0. The van der Waals surface area contributed by atoms with Crippen LogP contribution in [0.4, 0.5) is 0 Å². The number of hydrogen-bond donors (Lipinski definition) is 0. The van der Waals surface area contributed by atoms with Crippen LogP contribution in [0.15, 0.2) is 96.1 Å². The van der Waals surface area contributed by atoms with Crippen molar-refractivity contribution in [3.63, 3.8) is 0 Å². The Bertz CT molecular complexity index is 1020. The van der Waals surface area contributed by atoms with Crippen LogP contribution >= 0.6 is 7.92 Å². The Hall–Kier alpha value is -2.43. The molecule has 0 amide bonds. The fourth-order valence-corrected chi connectivity index (χ4v) is 6.74. The molecule has 0 aliphatic heterocycles. The molecule has 0 radical (unpaired) electrons. The molecule has 1 heteroatoms. The fourth-order valence-electron chi connectivity index (χ4n) is 5.08. The molecule has 3 aromatic carbocycles. The van der Waals surface area contributed by atoms with E-state index in [-0.39, 0.29) is 7.92 Å². The average molecular weight is 425 g/mol. The Morgan fingerprint density at radius 2 is 1.06 bits per heavy atom. The van der Waals surface area contributed by atoms with E-state index in [2.05, 4.69) is 113 Å². The van der Waals surface area contributed by atoms with Crippen molar-refractivity contribution in [1.82, 2.24) is 0 Å². The first kappa shape index (κ1) is 21.8. The minimum Gasteiger partial charge on any atom is -0.103 e. The molecule has 0 nitrogen and oxygen atoms in total. The summed E-state index contributed by atoms with van der Waals surface area (Å²) in [6.45, 7) is 9.41. The first-order valence-corrected chi connectivity index (χ1v) is 13.4. The third-order valence-electron chi connectivity index (χ3n) is 6.68. The molecule has 0 heterocycles. The topological polar surface area (TPSA) is 0 Å². The van der Waals surface area contributed by atoms with E-state index in [4.69, 9.17) is 0 Å². The molecule has 4 rings (SSSR count). The van der Waals surface area contributed by atoms with Crippen LogP contribution in [0.1, 0.15) is 55.9 Å². The second-order valence-electron chi connectivity index (χ2n) is 8.44. The Morgan fingerprint density at radius 3 is 1.55 bits per heavy atom. The van der Waals surface area contributed by atoms with Gasteiger partial charge >= 0.3 is 0 Å². The highest BCUT2D eigenvalue weighted by atomic mass is 31.1. The zero-order valence-electron chi connectivity index (χ0n) is 19.2. The van der Waals surface area contributed by atoms with Crippen LogP contribution < -0.4 is 0 Å². The van der Waals surface area contributed by atoms with Crippen molar-refractivity contribution >= 4 is 19.1 Å². The maximum atomic E-state index is 2.38. The summed E-state index contributed by atoms with van der Waals surface area (Å²) in [5.74, 6) is 0.354. The first-order valence-electron chi connectivity index (χ1n) is 11.5. The second-order valence-corrected chi connectivity index (χ2v) is 11.4. The van der Waals surface area contributed by atoms with E-state index < -0.39 is 0 Å². The Morgan fingerprint density at radius 1 is 0.613 bits per heavy atom. The molecular weight excluding hydrogens is 391 g/mol. The lowest BCUT2D eigenvalue weighted by Gasteiger charge is -2.22. The first-order chi connectivity index (χ1) is 15.2. The van der Waals surface area contributed by atoms with Crippen LogP contribution in [0.2, 0.25) is 0 Å². The van der Waals surface area contributed by atoms with Gasteiger partial charge in [0.05, 0.1) is 0 Å². The number of allylic oxidation sites excluding steroid dienone is 4. The molecule has 1 aliphatic carbocycles. The normalized spacial score (nSPS) is 14.7. The fraction of sp³-hybridized carbons (Fsp3) is 0.267. The summed E-state index contributed by atoms with van der Waals surface area (Å²) in [4.78, 5) is 0. The highest BCUT2D eigenvalue weighted by molar-refractivity contribution is 7.56. The van der Waals surface area contributed by atoms with Gasteiger partial charge in [0, 0.05) is 5.92 Å². The largest absolute Gasteiger partial charge is 0.103 e. The zero-order chi connectivity index (χ0) is 21.8. The van der Waals surface area contributed by atoms with Gasteiger partial charge in [-0.2, -0.15) is 0 Å². The quantitative estimate of drug-likeness (QED) is 0.333. The molecule has 0 saturated carbocycles. The van der Waals surface area contributed by atoms with Crippen molar-refractivity contribution in [2.24, 2.45) is 0 Å². The molecule has 0 aromatic heterocycles. The molecule has 158 valence electrons. The maximum absolute atomic E-state index is 2.38. The zero-order valence-corrected chi connectivity index (χ0v) is 20.1. The maximum Gasteiger partial charge on any atom is 0.0274 e. The molecule has 0 atom stereocenters. The van der Waals surface area contributed by atoms with Crippen molar-refractivity contribution in [3.8, 4) is 0 Å². The summed E-state index contributed by atoms with van der Waals surface area (Å²) in [5, 5.41) is 0. The summed E-state index contributed by atoms with van der Waals surface area (Å²) in [6.07, 6.45) is 3.84. The van der Waals surface area contributed by atoms with Gasteiger partial charge in [-0.3, -0.25) is 0 Å². The molecule has 31 heavy (non-hydrogen) atoms. The van der Waals surface area contributed by atoms with Crippen molar-refractivity contribution < 1.29 is 0 Å². The average Bonchev–Trinajstić information content (AvgIpc) is 3.08. The third-order valence-corrected chi connectivity index (χ3v) is 9.26. The predicted octanol–water partition coefficient (Wildman–Crippen LogP) is 8.75. The van der Waals surface area contributed by atoms with Crippen LogP contribution in [0.3, 0.4) is 0 Å². The van der Waals surface area contributed by atoms with Gasteiger partial charge < -0.3 is 0 Å². The van der Waals surface area contributed by atoms with Gasteiger partial charge in [-0.25, -0.2) is 0 Å². The van der Waals surface area contributed by atoms with E-state index >= 15 is 0 Å². The second kappa shape index (κ2) is 9.80. The standard InChI is InChI=1S/C30H33P/c1-5-31(6-2)21-26-19-13-14-20-27(26)28-22(3)29(24-15-9-7-10-16-24)30(23(28)4)25-17-11-8-12-18-25/h7-20,28H,5-6,21H2,1-4H3. The minimum absolute atomic E-state index is 0.0665. The van der Waals surface area contributed by atoms with Gasteiger partial charge in [0.15, 0.2) is 0 Å². The van der Waals surface area contributed by atoms with Crippen LogP contribution in [-0.4, -0.2) is 12.3 Å². The summed E-state index contributed by atoms with van der Waals surface area (Å²) in [7, 11) is 0.0665. The van der Waals surface area contributed by atoms with Crippen molar-refractivity contribution in [2.45, 2.75) is 39.8 Å². The van der Waals surface area contributed by atoms with Gasteiger partial charge in [-0.1, -0.05) is 110 Å². The Balaban J connectivity index is 1.90. The lowest BCUT2D eigenvalue weighted by Crippen LogP contribution is -2.04. The Kier molecular flexibility index (Phi) is 6.89. The summed E-state index contributed by atoms with van der Waals surface area (Å²) in [6, 6.07) is 31.1. The lowest BCUT2D eigenvalue weighted by atomic mass is 9.86. The van der Waals surface area contributed by atoms with Crippen LogP contribution in [0, 0.1) is 0 Å². The highest BCUT2D eigenvalue weighted by Crippen LogP contribution is 2.52. The van der Waals surface area contributed by atoms with E-state index in [0.717, 1.165) is 0 Å². The molecule has 0 spiro atoms. The van der Waals surface area contributed by atoms with Crippen LogP contribution in [0.5, 0.6) is 0 Å². The van der Waals surface area contributed by atoms with Gasteiger partial charge in [0.25, 0.3) is 0 Å². The summed E-state index contributed by atoms with van der Waals surface area (Å²) < 4.78 is 0. The molecule has 0 bridgehead atoms. The van der Waals surface area contributed by atoms with E-state index in [0.29, 0.717) is 5.92 Å². The van der Waals surface area contributed by atoms with E-state index in [1.54, 1.807) is 5.56 Å². The summed E-state index contributed by atoms with van der Waals surface area (Å²) in [5.41, 5.74) is 11.5. The summed E-state index contributed by atoms with van der Waals surface area (Å²) >= 11 is 0. The number of benzene rings is 3. The van der Waals surface area contributed by atoms with Crippen LogP contribution in [0.25, 0.3) is 11.1 Å². The Labute approximate surface area is 189 Å². The monoisotopic (exact) mass is 424 g/mol. The van der Waals surface area contributed by atoms with Gasteiger partial charge in [-0.15, -0.1) is 7.92 Å². The third kappa shape index (κ3) is 4.32. The van der Waals surface area contributed by atoms with Crippen molar-refractivity contribution in [1.29, 1.82) is 0 Å². The molecule has 0 unspecified atom stereocenters. The predicted molar refractivity (Wildman–Crippen MR) is 139 cm³/mol. The smallest absolute Gasteiger partial charge is 0.0274 e. The van der Waals surface area contributed by atoms with Gasteiger partial charge in [-0.05, 0) is 65.7 Å². The molecule has 0 saturated heterocycles. The molecule has 1 aliphatic rings. The van der Waals surface area contributed by atoms with Crippen molar-refractivity contribution in [3.05, 3.63) is 118 Å².